The number of methoxy groups -OCH3 is 1. The van der Waals surface area contributed by atoms with E-state index in [-0.39, 0.29) is 11.8 Å². The predicted octanol–water partition coefficient (Wildman–Crippen LogP) is 2.32. The van der Waals surface area contributed by atoms with E-state index in [4.69, 9.17) is 4.74 Å². The molecule has 7 heteroatoms. The normalized spacial score (nSPS) is 13.2. The molecular formula is C18H20N4O3. The number of hydrogen-bond acceptors (Lipinski definition) is 5. The molecule has 0 atom stereocenters. The van der Waals surface area contributed by atoms with Crippen LogP contribution >= 0.6 is 0 Å². The van der Waals surface area contributed by atoms with E-state index in [1.165, 1.54) is 24.4 Å². The second kappa shape index (κ2) is 6.88. The molecule has 1 aliphatic carbocycles. The number of rotatable bonds is 5. The zero-order chi connectivity index (χ0) is 18.0. The minimum Gasteiger partial charge on any atom is -0.496 e. The fourth-order valence-corrected chi connectivity index (χ4v) is 2.40. The van der Waals surface area contributed by atoms with Crippen molar-refractivity contribution in [3.8, 4) is 5.75 Å². The molecule has 1 aliphatic rings. The van der Waals surface area contributed by atoms with Gasteiger partial charge in [0, 0.05) is 38.1 Å². The third kappa shape index (κ3) is 3.76. The van der Waals surface area contributed by atoms with E-state index in [9.17, 15) is 9.59 Å². The Morgan fingerprint density at radius 2 is 1.88 bits per heavy atom. The van der Waals surface area contributed by atoms with Crippen LogP contribution in [0.2, 0.25) is 0 Å². The maximum atomic E-state index is 12.4. The molecule has 0 bridgehead atoms. The first-order valence-electron chi connectivity index (χ1n) is 8.02. The Morgan fingerprint density at radius 1 is 1.20 bits per heavy atom. The summed E-state index contributed by atoms with van der Waals surface area (Å²) >= 11 is 0. The maximum absolute atomic E-state index is 12.4. The molecule has 2 amide bonds. The fourth-order valence-electron chi connectivity index (χ4n) is 2.40. The molecule has 25 heavy (non-hydrogen) atoms. The number of anilines is 1. The van der Waals surface area contributed by atoms with Crippen LogP contribution in [0.5, 0.6) is 5.75 Å². The predicted molar refractivity (Wildman–Crippen MR) is 93.0 cm³/mol. The van der Waals surface area contributed by atoms with Gasteiger partial charge in [0.15, 0.2) is 0 Å². The third-order valence-electron chi connectivity index (χ3n) is 3.97. The molecule has 1 aromatic heterocycles. The van der Waals surface area contributed by atoms with Gasteiger partial charge in [-0.3, -0.25) is 9.59 Å². The molecule has 3 rings (SSSR count). The largest absolute Gasteiger partial charge is 0.496 e. The van der Waals surface area contributed by atoms with E-state index in [0.717, 1.165) is 18.7 Å². The summed E-state index contributed by atoms with van der Waals surface area (Å²) in [4.78, 5) is 34.6. The van der Waals surface area contributed by atoms with Crippen molar-refractivity contribution >= 4 is 17.5 Å². The molecule has 0 radical (unpaired) electrons. The molecule has 0 aliphatic heterocycles. The minimum atomic E-state index is -0.323. The van der Waals surface area contributed by atoms with Crippen LogP contribution in [0.25, 0.3) is 0 Å². The summed E-state index contributed by atoms with van der Waals surface area (Å²) in [6.45, 7) is 0. The van der Waals surface area contributed by atoms with Crippen LogP contribution in [0, 0.1) is 0 Å². The van der Waals surface area contributed by atoms with E-state index >= 15 is 0 Å². The Balaban J connectivity index is 1.78. The second-order valence-electron chi connectivity index (χ2n) is 6.17. The van der Waals surface area contributed by atoms with Crippen molar-refractivity contribution in [3.05, 3.63) is 47.5 Å². The first-order valence-corrected chi connectivity index (χ1v) is 8.02. The summed E-state index contributed by atoms with van der Waals surface area (Å²) in [5, 5.41) is 2.76. The van der Waals surface area contributed by atoms with Gasteiger partial charge in [-0.2, -0.15) is 0 Å². The van der Waals surface area contributed by atoms with Crippen molar-refractivity contribution in [1.29, 1.82) is 0 Å². The Hall–Kier alpha value is -2.96. The summed E-state index contributed by atoms with van der Waals surface area (Å²) in [6.07, 6.45) is 5.29. The fraction of sp³-hybridized carbons (Fsp3) is 0.333. The quantitative estimate of drug-likeness (QED) is 0.903. The van der Waals surface area contributed by atoms with Gasteiger partial charge in [-0.05, 0) is 31.0 Å². The lowest BCUT2D eigenvalue weighted by atomic mass is 10.1. The summed E-state index contributed by atoms with van der Waals surface area (Å²) in [5.41, 5.74) is 1.26. The topological polar surface area (TPSA) is 84.4 Å². The Labute approximate surface area is 146 Å². The van der Waals surface area contributed by atoms with Gasteiger partial charge >= 0.3 is 0 Å². The number of ether oxygens (including phenoxy) is 1. The summed E-state index contributed by atoms with van der Waals surface area (Å²) < 4.78 is 5.22. The summed E-state index contributed by atoms with van der Waals surface area (Å²) in [7, 11) is 4.82. The molecule has 7 nitrogen and oxygen atoms in total. The van der Waals surface area contributed by atoms with Gasteiger partial charge in [0.2, 0.25) is 0 Å². The van der Waals surface area contributed by atoms with Crippen LogP contribution in [0.1, 0.15) is 45.3 Å². The monoisotopic (exact) mass is 340 g/mol. The average Bonchev–Trinajstić information content (AvgIpc) is 3.46. The van der Waals surface area contributed by atoms with Gasteiger partial charge in [0.05, 0.1) is 18.2 Å². The van der Waals surface area contributed by atoms with Crippen molar-refractivity contribution in [1.82, 2.24) is 14.9 Å². The third-order valence-corrected chi connectivity index (χ3v) is 3.97. The highest BCUT2D eigenvalue weighted by atomic mass is 16.5. The van der Waals surface area contributed by atoms with Crippen LogP contribution in [-0.2, 0) is 0 Å². The number of nitrogens with zero attached hydrogens (tertiary/aromatic N) is 3. The molecule has 1 heterocycles. The van der Waals surface area contributed by atoms with Gasteiger partial charge < -0.3 is 15.0 Å². The number of aromatic nitrogens is 2. The SMILES string of the molecule is COc1ccc(NC(=O)c2cnc(C3CC3)nc2)cc1C(=O)N(C)C. The van der Waals surface area contributed by atoms with Crippen LogP contribution < -0.4 is 10.1 Å². The zero-order valence-corrected chi connectivity index (χ0v) is 14.4. The number of nitrogens with one attached hydrogen (secondary N) is 1. The summed E-state index contributed by atoms with van der Waals surface area (Å²) in [5.74, 6) is 1.16. The number of amides is 2. The van der Waals surface area contributed by atoms with E-state index < -0.39 is 0 Å². The van der Waals surface area contributed by atoms with Crippen LogP contribution in [0.3, 0.4) is 0 Å². The van der Waals surface area contributed by atoms with Crippen LogP contribution in [0.15, 0.2) is 30.6 Å². The van der Waals surface area contributed by atoms with Crippen molar-refractivity contribution < 1.29 is 14.3 Å². The second-order valence-corrected chi connectivity index (χ2v) is 6.17. The van der Waals surface area contributed by atoms with Crippen molar-refractivity contribution in [2.45, 2.75) is 18.8 Å². The number of hydrogen-bond donors (Lipinski definition) is 1. The molecule has 0 spiro atoms. The maximum Gasteiger partial charge on any atom is 0.258 e. The molecule has 0 saturated heterocycles. The number of benzene rings is 1. The highest BCUT2D eigenvalue weighted by Gasteiger charge is 2.26. The van der Waals surface area contributed by atoms with E-state index in [2.05, 4.69) is 15.3 Å². The highest BCUT2D eigenvalue weighted by Crippen LogP contribution is 2.37. The van der Waals surface area contributed by atoms with Gasteiger partial charge in [-0.15, -0.1) is 0 Å². The summed E-state index contributed by atoms with van der Waals surface area (Å²) in [6, 6.07) is 4.93. The Kier molecular flexibility index (Phi) is 4.65. The van der Waals surface area contributed by atoms with Gasteiger partial charge in [-0.1, -0.05) is 0 Å². The highest BCUT2D eigenvalue weighted by molar-refractivity contribution is 6.05. The van der Waals surface area contributed by atoms with E-state index in [0.29, 0.717) is 28.5 Å². The van der Waals surface area contributed by atoms with Crippen LogP contribution in [0.4, 0.5) is 5.69 Å². The van der Waals surface area contributed by atoms with Crippen molar-refractivity contribution in [2.75, 3.05) is 26.5 Å². The molecular weight excluding hydrogens is 320 g/mol. The van der Waals surface area contributed by atoms with Crippen LogP contribution in [-0.4, -0.2) is 47.9 Å². The standard InChI is InChI=1S/C18H20N4O3/c1-22(2)18(24)14-8-13(6-7-15(14)25-3)21-17(23)12-9-19-16(20-10-12)11-4-5-11/h6-11H,4-5H2,1-3H3,(H,21,23). The first-order chi connectivity index (χ1) is 12.0. The number of carbonyl (C=O) groups excluding carboxylic acids is 2. The zero-order valence-electron chi connectivity index (χ0n) is 14.4. The van der Waals surface area contributed by atoms with Gasteiger partial charge in [-0.25, -0.2) is 9.97 Å². The molecule has 2 aromatic rings. The lowest BCUT2D eigenvalue weighted by Gasteiger charge is -2.15. The van der Waals surface area contributed by atoms with Gasteiger partial charge in [0.1, 0.15) is 11.6 Å². The van der Waals surface area contributed by atoms with Crippen molar-refractivity contribution in [3.63, 3.8) is 0 Å². The molecule has 1 fully saturated rings. The minimum absolute atomic E-state index is 0.204. The molecule has 1 saturated carbocycles. The average molecular weight is 340 g/mol. The smallest absolute Gasteiger partial charge is 0.258 e. The van der Waals surface area contributed by atoms with Gasteiger partial charge in [0.25, 0.3) is 11.8 Å². The molecule has 1 aromatic carbocycles. The first kappa shape index (κ1) is 16.9. The Morgan fingerprint density at radius 3 is 2.44 bits per heavy atom. The number of carbonyl (C=O) groups is 2. The molecule has 1 N–H and O–H groups in total. The Bertz CT molecular complexity index is 798. The molecule has 130 valence electrons. The van der Waals surface area contributed by atoms with Crippen molar-refractivity contribution in [2.24, 2.45) is 0 Å². The lowest BCUT2D eigenvalue weighted by molar-refractivity contribution is 0.0824. The van der Waals surface area contributed by atoms with E-state index in [1.54, 1.807) is 32.3 Å². The molecule has 0 unspecified atom stereocenters. The van der Waals surface area contributed by atoms with E-state index in [1.807, 2.05) is 0 Å². The lowest BCUT2D eigenvalue weighted by Crippen LogP contribution is -2.22.